The van der Waals surface area contributed by atoms with Gasteiger partial charge in [-0.15, -0.1) is 0 Å². The predicted molar refractivity (Wildman–Crippen MR) is 74.9 cm³/mol. The van der Waals surface area contributed by atoms with Crippen molar-refractivity contribution in [3.63, 3.8) is 0 Å². The van der Waals surface area contributed by atoms with Gasteiger partial charge in [0.1, 0.15) is 0 Å². The molecule has 1 aliphatic rings. The van der Waals surface area contributed by atoms with Crippen LogP contribution in [0.25, 0.3) is 0 Å². The predicted octanol–water partition coefficient (Wildman–Crippen LogP) is 1.63. The third-order valence-electron chi connectivity index (χ3n) is 2.98. The molecule has 4 nitrogen and oxygen atoms in total. The SMILES string of the molecule is CN(C)CC1CN(S(=O)(=O)c2cccc(Br)c2)C1. The molecule has 1 aliphatic heterocycles. The van der Waals surface area contributed by atoms with Crippen LogP contribution in [-0.4, -0.2) is 51.4 Å². The van der Waals surface area contributed by atoms with E-state index in [0.29, 0.717) is 23.9 Å². The zero-order valence-corrected chi connectivity index (χ0v) is 12.9. The maximum Gasteiger partial charge on any atom is 0.243 e. The molecule has 1 fully saturated rings. The molecule has 1 aromatic carbocycles. The molecular weight excluding hydrogens is 316 g/mol. The smallest absolute Gasteiger partial charge is 0.243 e. The van der Waals surface area contributed by atoms with Gasteiger partial charge in [-0.3, -0.25) is 0 Å². The third kappa shape index (κ3) is 2.93. The van der Waals surface area contributed by atoms with Crippen LogP contribution in [0.2, 0.25) is 0 Å². The molecule has 0 radical (unpaired) electrons. The van der Waals surface area contributed by atoms with Crippen molar-refractivity contribution >= 4 is 26.0 Å². The van der Waals surface area contributed by atoms with E-state index in [0.717, 1.165) is 11.0 Å². The zero-order valence-electron chi connectivity index (χ0n) is 10.5. The number of hydrogen-bond acceptors (Lipinski definition) is 3. The van der Waals surface area contributed by atoms with Gasteiger partial charge < -0.3 is 4.90 Å². The van der Waals surface area contributed by atoms with Gasteiger partial charge in [-0.2, -0.15) is 4.31 Å². The highest BCUT2D eigenvalue weighted by molar-refractivity contribution is 9.10. The Bertz CT molecular complexity index is 525. The summed E-state index contributed by atoms with van der Waals surface area (Å²) < 4.78 is 26.9. The van der Waals surface area contributed by atoms with Crippen molar-refractivity contribution in [3.8, 4) is 0 Å². The topological polar surface area (TPSA) is 40.6 Å². The van der Waals surface area contributed by atoms with Crippen LogP contribution < -0.4 is 0 Å². The first kappa shape index (κ1) is 14.0. The highest BCUT2D eigenvalue weighted by Crippen LogP contribution is 2.26. The van der Waals surface area contributed by atoms with Gasteiger partial charge in [-0.25, -0.2) is 8.42 Å². The molecule has 1 saturated heterocycles. The maximum absolute atomic E-state index is 12.3. The first-order valence-electron chi connectivity index (χ1n) is 5.80. The summed E-state index contributed by atoms with van der Waals surface area (Å²) in [7, 11) is 0.702. The van der Waals surface area contributed by atoms with Crippen LogP contribution in [0, 0.1) is 5.92 Å². The largest absolute Gasteiger partial charge is 0.309 e. The van der Waals surface area contributed by atoms with Gasteiger partial charge in [0, 0.05) is 24.1 Å². The Morgan fingerprint density at radius 1 is 1.39 bits per heavy atom. The summed E-state index contributed by atoms with van der Waals surface area (Å²) in [5, 5.41) is 0. The number of hydrogen-bond donors (Lipinski definition) is 0. The number of benzene rings is 1. The molecule has 0 amide bonds. The summed E-state index contributed by atoms with van der Waals surface area (Å²) in [6.07, 6.45) is 0. The molecule has 0 atom stereocenters. The summed E-state index contributed by atoms with van der Waals surface area (Å²) >= 11 is 3.30. The lowest BCUT2D eigenvalue weighted by molar-refractivity contribution is 0.160. The van der Waals surface area contributed by atoms with Crippen molar-refractivity contribution in [1.29, 1.82) is 0 Å². The molecule has 6 heteroatoms. The lowest BCUT2D eigenvalue weighted by atomic mass is 10.0. The normalized spacial score (nSPS) is 18.0. The van der Waals surface area contributed by atoms with E-state index in [2.05, 4.69) is 20.8 Å². The summed E-state index contributed by atoms with van der Waals surface area (Å²) in [4.78, 5) is 2.45. The first-order chi connectivity index (χ1) is 8.39. The molecule has 100 valence electrons. The number of sulfonamides is 1. The average Bonchev–Trinajstić information content (AvgIpc) is 2.22. The molecule has 18 heavy (non-hydrogen) atoms. The summed E-state index contributed by atoms with van der Waals surface area (Å²) in [5.74, 6) is 0.446. The molecule has 1 aromatic rings. The quantitative estimate of drug-likeness (QED) is 0.841. The van der Waals surface area contributed by atoms with Gasteiger partial charge in [-0.1, -0.05) is 22.0 Å². The van der Waals surface area contributed by atoms with Gasteiger partial charge in [0.25, 0.3) is 0 Å². The van der Waals surface area contributed by atoms with E-state index < -0.39 is 10.0 Å². The van der Waals surface area contributed by atoms with Crippen molar-refractivity contribution < 1.29 is 8.42 Å². The van der Waals surface area contributed by atoms with Crippen molar-refractivity contribution in [1.82, 2.24) is 9.21 Å². The van der Waals surface area contributed by atoms with Crippen molar-refractivity contribution in [2.24, 2.45) is 5.92 Å². The molecule has 0 aromatic heterocycles. The second-order valence-electron chi connectivity index (χ2n) is 4.91. The van der Waals surface area contributed by atoms with Crippen LogP contribution in [-0.2, 0) is 10.0 Å². The lowest BCUT2D eigenvalue weighted by Gasteiger charge is -2.39. The van der Waals surface area contributed by atoms with Crippen molar-refractivity contribution in [3.05, 3.63) is 28.7 Å². The van der Waals surface area contributed by atoms with E-state index in [-0.39, 0.29) is 0 Å². The van der Waals surface area contributed by atoms with Gasteiger partial charge in [0.05, 0.1) is 4.90 Å². The minimum absolute atomic E-state index is 0.361. The van der Waals surface area contributed by atoms with Gasteiger partial charge >= 0.3 is 0 Å². The highest BCUT2D eigenvalue weighted by atomic mass is 79.9. The Hall–Kier alpha value is -0.430. The molecule has 0 aliphatic carbocycles. The van der Waals surface area contributed by atoms with Crippen LogP contribution in [0.15, 0.2) is 33.6 Å². The zero-order chi connectivity index (χ0) is 13.3. The van der Waals surface area contributed by atoms with Crippen LogP contribution in [0.5, 0.6) is 0 Å². The minimum Gasteiger partial charge on any atom is -0.309 e. The van der Waals surface area contributed by atoms with Crippen molar-refractivity contribution in [2.45, 2.75) is 4.90 Å². The number of nitrogens with zero attached hydrogens (tertiary/aromatic N) is 2. The van der Waals surface area contributed by atoms with Crippen molar-refractivity contribution in [2.75, 3.05) is 33.7 Å². The summed E-state index contributed by atoms with van der Waals surface area (Å²) in [6, 6.07) is 6.85. The summed E-state index contributed by atoms with van der Waals surface area (Å²) in [5.41, 5.74) is 0. The Kier molecular flexibility index (Phi) is 4.11. The highest BCUT2D eigenvalue weighted by Gasteiger charge is 2.36. The van der Waals surface area contributed by atoms with E-state index in [9.17, 15) is 8.42 Å². The Labute approximate surface area is 117 Å². The van der Waals surface area contributed by atoms with E-state index >= 15 is 0 Å². The van der Waals surface area contributed by atoms with E-state index in [4.69, 9.17) is 0 Å². The fourth-order valence-corrected chi connectivity index (χ4v) is 4.32. The molecule has 2 rings (SSSR count). The van der Waals surface area contributed by atoms with Crippen LogP contribution in [0.3, 0.4) is 0 Å². The second kappa shape index (κ2) is 5.28. The molecule has 1 heterocycles. The Morgan fingerprint density at radius 3 is 2.61 bits per heavy atom. The van der Waals surface area contributed by atoms with E-state index in [1.165, 1.54) is 0 Å². The Balaban J connectivity index is 2.06. The molecule has 0 unspecified atom stereocenters. The van der Waals surface area contributed by atoms with Crippen LogP contribution >= 0.6 is 15.9 Å². The molecule has 0 saturated carbocycles. The maximum atomic E-state index is 12.3. The van der Waals surface area contributed by atoms with Gasteiger partial charge in [-0.05, 0) is 38.2 Å². The van der Waals surface area contributed by atoms with E-state index in [1.54, 1.807) is 22.5 Å². The van der Waals surface area contributed by atoms with E-state index in [1.807, 2.05) is 20.2 Å². The summed E-state index contributed by atoms with van der Waals surface area (Å²) in [6.45, 7) is 2.17. The molecule has 0 N–H and O–H groups in total. The van der Waals surface area contributed by atoms with Crippen LogP contribution in [0.4, 0.5) is 0 Å². The van der Waals surface area contributed by atoms with Crippen LogP contribution in [0.1, 0.15) is 0 Å². The van der Waals surface area contributed by atoms with Gasteiger partial charge in [0.2, 0.25) is 10.0 Å². The number of rotatable bonds is 4. The van der Waals surface area contributed by atoms with Gasteiger partial charge in [0.15, 0.2) is 0 Å². The third-order valence-corrected chi connectivity index (χ3v) is 5.30. The fourth-order valence-electron chi connectivity index (χ4n) is 2.13. The monoisotopic (exact) mass is 332 g/mol. The average molecular weight is 333 g/mol. The molecular formula is C12H17BrN2O2S. The standard InChI is InChI=1S/C12H17BrN2O2S/c1-14(2)7-10-8-15(9-10)18(16,17)12-5-3-4-11(13)6-12/h3-6,10H,7-9H2,1-2H3. The lowest BCUT2D eigenvalue weighted by Crippen LogP contribution is -2.52. The molecule has 0 spiro atoms. The Morgan fingerprint density at radius 2 is 2.06 bits per heavy atom. The number of halogens is 1. The molecule has 0 bridgehead atoms. The first-order valence-corrected chi connectivity index (χ1v) is 8.03. The fraction of sp³-hybridized carbons (Fsp3) is 0.500. The minimum atomic E-state index is -3.31. The second-order valence-corrected chi connectivity index (χ2v) is 7.76.